The van der Waals surface area contributed by atoms with Crippen molar-refractivity contribution in [2.24, 2.45) is 0 Å². The van der Waals surface area contributed by atoms with Crippen LogP contribution in [0.2, 0.25) is 0 Å². The fourth-order valence-corrected chi connectivity index (χ4v) is 5.79. The van der Waals surface area contributed by atoms with E-state index >= 15 is 0 Å². The zero-order valence-electron chi connectivity index (χ0n) is 21.7. The van der Waals surface area contributed by atoms with Crippen molar-refractivity contribution in [3.63, 3.8) is 0 Å². The third-order valence-electron chi connectivity index (χ3n) is 6.80. The first-order valence-electron chi connectivity index (χ1n) is 12.6. The van der Waals surface area contributed by atoms with Crippen LogP contribution in [-0.2, 0) is 53.3 Å². The number of anilines is 1. The summed E-state index contributed by atoms with van der Waals surface area (Å²) in [6.07, 6.45) is 5.21. The van der Waals surface area contributed by atoms with Crippen LogP contribution in [0.25, 0.3) is 11.1 Å². The molecule has 9 heteroatoms. The predicted octanol–water partition coefficient (Wildman–Crippen LogP) is 5.97. The van der Waals surface area contributed by atoms with E-state index in [1.165, 1.54) is 17.7 Å². The second-order valence-electron chi connectivity index (χ2n) is 9.32. The monoisotopic (exact) mass is 568 g/mol. The van der Waals surface area contributed by atoms with Gasteiger partial charge in [-0.1, -0.05) is 47.5 Å². The number of pyridine rings is 1. The Hall–Kier alpha value is -3.12. The summed E-state index contributed by atoms with van der Waals surface area (Å²) in [6, 6.07) is 17.8. The third kappa shape index (κ3) is 5.80. The van der Waals surface area contributed by atoms with Crippen LogP contribution in [0.15, 0.2) is 57.9 Å². The van der Waals surface area contributed by atoms with Crippen LogP contribution in [0.5, 0.6) is 5.75 Å². The van der Waals surface area contributed by atoms with Gasteiger partial charge in [0.25, 0.3) is 10.0 Å². The summed E-state index contributed by atoms with van der Waals surface area (Å²) in [7, 11) is -3.91. The van der Waals surface area contributed by atoms with Crippen LogP contribution in [0.4, 0.5) is 5.88 Å². The number of hydrogen-bond donors (Lipinski definition) is 1. The molecule has 0 bridgehead atoms. The Morgan fingerprint density at radius 2 is 1.89 bits per heavy atom. The van der Waals surface area contributed by atoms with Crippen LogP contribution in [0.3, 0.4) is 0 Å². The summed E-state index contributed by atoms with van der Waals surface area (Å²) in [6.45, 7) is 6.03. The number of rotatable bonds is 8. The molecule has 198 valence electrons. The maximum atomic E-state index is 13.2. The Morgan fingerprint density at radius 3 is 2.61 bits per heavy atom. The van der Waals surface area contributed by atoms with Crippen molar-refractivity contribution in [2.45, 2.75) is 64.4 Å². The van der Waals surface area contributed by atoms with Gasteiger partial charge in [0.15, 0.2) is 0 Å². The molecule has 2 heterocycles. The molecule has 2 aromatic heterocycles. The second-order valence-corrected chi connectivity index (χ2v) is 11.0. The van der Waals surface area contributed by atoms with Gasteiger partial charge in [-0.25, -0.2) is 13.1 Å². The summed E-state index contributed by atoms with van der Waals surface area (Å²) < 4.78 is 40.4. The van der Waals surface area contributed by atoms with E-state index in [0.29, 0.717) is 29.0 Å². The quantitative estimate of drug-likeness (QED) is 0.263. The summed E-state index contributed by atoms with van der Waals surface area (Å²) in [5.41, 5.74) is 6.91. The summed E-state index contributed by atoms with van der Waals surface area (Å²) in [5.74, 6) is 1.04. The minimum atomic E-state index is -3.91. The molecule has 0 atom stereocenters. The van der Waals surface area contributed by atoms with E-state index in [1.54, 1.807) is 38.1 Å². The van der Waals surface area contributed by atoms with E-state index in [2.05, 4.69) is 28.9 Å². The topological polar surface area (TPSA) is 94.3 Å². The summed E-state index contributed by atoms with van der Waals surface area (Å²) in [4.78, 5) is 4.94. The van der Waals surface area contributed by atoms with Crippen molar-refractivity contribution in [2.75, 3.05) is 4.72 Å². The first-order valence-corrected chi connectivity index (χ1v) is 14.0. The number of fused-ring (bicyclic) bond motifs is 1. The normalized spacial score (nSPS) is 12.9. The Kier molecular flexibility index (Phi) is 8.61. The standard InChI is InChI=1S/C29H30N3O4S.Cr/c1-4-23-17-27(25-10-5-7-11-26(25)30-23)35-18-21-13-15-22(16-14-21)24-9-6-8-12-28(24)37(33,34)32-29-19(2)20(3)31-36-29;/h6,8-9,12-15,17,32H,4-5,7,10-11,18H2,1-3H3;/q-1;. The molecule has 38 heavy (non-hydrogen) atoms. The SMILES string of the molecule is CCc1cc(OCc2c[c-]c(-c3ccccc3S(=O)(=O)Nc3onc(C)c3C)cc2)c2c(n1)CCCC2.[Cr]. The van der Waals surface area contributed by atoms with E-state index in [4.69, 9.17) is 14.2 Å². The molecule has 0 unspecified atom stereocenters. The van der Waals surface area contributed by atoms with Crippen molar-refractivity contribution in [1.29, 1.82) is 0 Å². The van der Waals surface area contributed by atoms with E-state index in [0.717, 1.165) is 42.7 Å². The summed E-state index contributed by atoms with van der Waals surface area (Å²) >= 11 is 0. The molecule has 5 rings (SSSR count). The first kappa shape index (κ1) is 27.9. The Labute approximate surface area is 234 Å². The fourth-order valence-electron chi connectivity index (χ4n) is 4.52. The average Bonchev–Trinajstić information content (AvgIpc) is 3.23. The van der Waals surface area contributed by atoms with Crippen molar-refractivity contribution < 1.29 is 35.0 Å². The smallest absolute Gasteiger partial charge is 0.256 e. The number of aryl methyl sites for hydroxylation is 3. The van der Waals surface area contributed by atoms with Crippen LogP contribution >= 0.6 is 0 Å². The minimum absolute atomic E-state index is 0. The van der Waals surface area contributed by atoms with Crippen LogP contribution in [0, 0.1) is 19.9 Å². The molecule has 0 radical (unpaired) electrons. The predicted molar refractivity (Wildman–Crippen MR) is 142 cm³/mol. The van der Waals surface area contributed by atoms with E-state index in [9.17, 15) is 8.42 Å². The molecular formula is C29H30CrN3O4S-. The number of sulfonamides is 1. The molecule has 0 fully saturated rings. The van der Waals surface area contributed by atoms with Gasteiger partial charge in [-0.3, -0.25) is 4.98 Å². The molecule has 1 N–H and O–H groups in total. The Balaban J connectivity index is 0.00000336. The Bertz CT molecular complexity index is 1530. The van der Waals surface area contributed by atoms with Crippen molar-refractivity contribution in [3.05, 3.63) is 88.4 Å². The number of ether oxygens (including phenoxy) is 1. The van der Waals surface area contributed by atoms with E-state index in [1.807, 2.05) is 18.2 Å². The summed E-state index contributed by atoms with van der Waals surface area (Å²) in [5, 5.41) is 3.83. The van der Waals surface area contributed by atoms with Crippen molar-refractivity contribution >= 4 is 15.9 Å². The van der Waals surface area contributed by atoms with Gasteiger partial charge in [0.2, 0.25) is 5.88 Å². The van der Waals surface area contributed by atoms with Gasteiger partial charge in [0, 0.05) is 45.9 Å². The van der Waals surface area contributed by atoms with Crippen LogP contribution in [0.1, 0.15) is 53.5 Å². The number of nitrogens with zero attached hydrogens (tertiary/aromatic N) is 2. The number of aromatic nitrogens is 2. The Morgan fingerprint density at radius 1 is 1.11 bits per heavy atom. The number of nitrogens with one attached hydrogen (secondary N) is 1. The third-order valence-corrected chi connectivity index (χ3v) is 8.19. The fraction of sp³-hybridized carbons (Fsp3) is 0.310. The number of benzene rings is 2. The van der Waals surface area contributed by atoms with E-state index < -0.39 is 10.0 Å². The minimum Gasteiger partial charge on any atom is -0.498 e. The van der Waals surface area contributed by atoms with Crippen molar-refractivity contribution in [3.8, 4) is 16.9 Å². The van der Waals surface area contributed by atoms with Crippen molar-refractivity contribution in [1.82, 2.24) is 10.1 Å². The van der Waals surface area contributed by atoms with Crippen LogP contribution < -0.4 is 9.46 Å². The molecule has 0 saturated carbocycles. The molecule has 0 spiro atoms. The van der Waals surface area contributed by atoms with Gasteiger partial charge in [-0.05, 0) is 46.0 Å². The second kappa shape index (κ2) is 11.7. The molecule has 7 nitrogen and oxygen atoms in total. The molecule has 0 saturated heterocycles. The zero-order chi connectivity index (χ0) is 26.0. The number of hydrogen-bond acceptors (Lipinski definition) is 6. The molecule has 4 aromatic rings. The molecule has 1 aliphatic carbocycles. The van der Waals surface area contributed by atoms with Gasteiger partial charge >= 0.3 is 0 Å². The zero-order valence-corrected chi connectivity index (χ0v) is 23.8. The average molecular weight is 569 g/mol. The van der Waals surface area contributed by atoms with E-state index in [-0.39, 0.29) is 28.1 Å². The van der Waals surface area contributed by atoms with Gasteiger partial charge in [0.1, 0.15) is 5.75 Å². The van der Waals surface area contributed by atoms with Gasteiger partial charge in [0.05, 0.1) is 17.2 Å². The van der Waals surface area contributed by atoms with Crippen LogP contribution in [-0.4, -0.2) is 18.6 Å². The molecular weight excluding hydrogens is 538 g/mol. The maximum absolute atomic E-state index is 13.2. The van der Waals surface area contributed by atoms with Gasteiger partial charge in [-0.2, -0.15) is 0 Å². The molecule has 2 aromatic carbocycles. The van der Waals surface area contributed by atoms with Gasteiger partial charge in [-0.15, -0.1) is 29.8 Å². The largest absolute Gasteiger partial charge is 0.498 e. The molecule has 1 aliphatic rings. The van der Waals surface area contributed by atoms with Gasteiger partial charge < -0.3 is 9.26 Å². The molecule has 0 amide bonds. The molecule has 0 aliphatic heterocycles. The maximum Gasteiger partial charge on any atom is 0.256 e. The first-order chi connectivity index (χ1) is 17.9.